The fraction of sp³-hybridized carbons (Fsp3) is 0.300. The molecule has 0 bridgehead atoms. The summed E-state index contributed by atoms with van der Waals surface area (Å²) >= 11 is 0. The van der Waals surface area contributed by atoms with Gasteiger partial charge in [0.15, 0.2) is 5.78 Å². The number of carbonyl (C=O) groups excluding carboxylic acids is 2. The Morgan fingerprint density at radius 2 is 1.62 bits per heavy atom. The molecule has 4 nitrogen and oxygen atoms in total. The molecular formula is C20H23NO3. The van der Waals surface area contributed by atoms with Gasteiger partial charge in [0.1, 0.15) is 5.41 Å². The van der Waals surface area contributed by atoms with E-state index in [0.717, 1.165) is 27.9 Å². The molecular weight excluding hydrogens is 302 g/mol. The molecule has 0 atom stereocenters. The van der Waals surface area contributed by atoms with Crippen LogP contribution in [0.5, 0.6) is 0 Å². The summed E-state index contributed by atoms with van der Waals surface area (Å²) in [5.74, 6) is -0.674. The van der Waals surface area contributed by atoms with Crippen LogP contribution in [0.3, 0.4) is 0 Å². The van der Waals surface area contributed by atoms with Gasteiger partial charge in [0, 0.05) is 12.1 Å². The summed E-state index contributed by atoms with van der Waals surface area (Å²) in [5.41, 5.74) is 9.52. The number of Topliss-reactive ketones (excluding diaryl/α,β-unsaturated/α-hetero) is 1. The highest BCUT2D eigenvalue weighted by Gasteiger charge is 2.36. The zero-order valence-electron chi connectivity index (χ0n) is 14.6. The minimum atomic E-state index is -1.14. The molecule has 0 unspecified atom stereocenters. The van der Waals surface area contributed by atoms with E-state index in [1.54, 1.807) is 13.8 Å². The average Bonchev–Trinajstić information content (AvgIpc) is 2.57. The lowest BCUT2D eigenvalue weighted by molar-refractivity contribution is -0.155. The predicted molar refractivity (Wildman–Crippen MR) is 95.5 cm³/mol. The van der Waals surface area contributed by atoms with Crippen molar-refractivity contribution in [3.05, 3.63) is 53.6 Å². The van der Waals surface area contributed by atoms with Crippen LogP contribution >= 0.6 is 0 Å². The summed E-state index contributed by atoms with van der Waals surface area (Å²) in [6.07, 6.45) is 0.198. The van der Waals surface area contributed by atoms with Crippen molar-refractivity contribution in [1.29, 1.82) is 0 Å². The first-order chi connectivity index (χ1) is 11.3. The van der Waals surface area contributed by atoms with Crippen LogP contribution in [0.4, 0.5) is 5.69 Å². The number of nitrogens with two attached hydrogens (primary N) is 1. The normalized spacial score (nSPS) is 11.2. The molecule has 0 saturated heterocycles. The summed E-state index contributed by atoms with van der Waals surface area (Å²) in [7, 11) is 1.29. The van der Waals surface area contributed by atoms with Gasteiger partial charge in [-0.05, 0) is 55.2 Å². The van der Waals surface area contributed by atoms with Crippen molar-refractivity contribution in [3.63, 3.8) is 0 Å². The molecule has 0 aliphatic rings. The number of aryl methyl sites for hydroxylation is 1. The van der Waals surface area contributed by atoms with Gasteiger partial charge in [-0.15, -0.1) is 0 Å². The molecule has 0 radical (unpaired) electrons. The second kappa shape index (κ2) is 6.87. The molecule has 2 aromatic carbocycles. The number of rotatable bonds is 5. The molecule has 0 amide bonds. The smallest absolute Gasteiger partial charge is 0.318 e. The average molecular weight is 325 g/mol. The number of methoxy groups -OCH3 is 1. The minimum absolute atomic E-state index is 0.162. The second-order valence-electron chi connectivity index (χ2n) is 6.48. The maximum atomic E-state index is 12.4. The van der Waals surface area contributed by atoms with Gasteiger partial charge in [0.25, 0.3) is 0 Å². The highest BCUT2D eigenvalue weighted by molar-refractivity contribution is 6.03. The molecule has 0 aliphatic carbocycles. The number of nitrogen functional groups attached to an aromatic ring is 1. The molecule has 4 heteroatoms. The molecule has 0 aromatic heterocycles. The maximum absolute atomic E-state index is 12.4. The van der Waals surface area contributed by atoms with E-state index in [1.165, 1.54) is 7.11 Å². The molecule has 0 saturated carbocycles. The summed E-state index contributed by atoms with van der Waals surface area (Å²) in [4.78, 5) is 24.1. The molecule has 0 heterocycles. The van der Waals surface area contributed by atoms with Gasteiger partial charge in [-0.2, -0.15) is 0 Å². The van der Waals surface area contributed by atoms with Crippen molar-refractivity contribution in [2.75, 3.05) is 12.8 Å². The van der Waals surface area contributed by atoms with Crippen molar-refractivity contribution in [2.24, 2.45) is 5.41 Å². The Hall–Kier alpha value is -2.62. The van der Waals surface area contributed by atoms with Gasteiger partial charge in [0.05, 0.1) is 7.11 Å². The minimum Gasteiger partial charge on any atom is -0.468 e. The molecule has 0 spiro atoms. The van der Waals surface area contributed by atoms with Crippen LogP contribution in [0.25, 0.3) is 11.1 Å². The lowest BCUT2D eigenvalue weighted by atomic mass is 9.84. The summed E-state index contributed by atoms with van der Waals surface area (Å²) in [6, 6.07) is 13.7. The standard InChI is InChI=1S/C20H23NO3/c1-13-11-16(9-10-17(13)21)15-7-5-14(6-8-15)12-18(22)20(2,3)19(23)24-4/h5-11H,12,21H2,1-4H3. The zero-order chi connectivity index (χ0) is 17.9. The van der Waals surface area contributed by atoms with Crippen LogP contribution in [0.2, 0.25) is 0 Å². The van der Waals surface area contributed by atoms with E-state index in [2.05, 4.69) is 0 Å². The zero-order valence-corrected chi connectivity index (χ0v) is 14.6. The van der Waals surface area contributed by atoms with Gasteiger partial charge in [-0.3, -0.25) is 9.59 Å². The molecule has 0 fully saturated rings. The first kappa shape index (κ1) is 17.7. The number of hydrogen-bond donors (Lipinski definition) is 1. The number of ether oxygens (including phenoxy) is 1. The molecule has 2 aromatic rings. The molecule has 2 rings (SSSR count). The Kier molecular flexibility index (Phi) is 5.07. The summed E-state index contributed by atoms with van der Waals surface area (Å²) in [5, 5.41) is 0. The van der Waals surface area contributed by atoms with Gasteiger partial charge in [0.2, 0.25) is 0 Å². The van der Waals surface area contributed by atoms with Crippen LogP contribution in [0.15, 0.2) is 42.5 Å². The third kappa shape index (κ3) is 3.65. The van der Waals surface area contributed by atoms with E-state index in [9.17, 15) is 9.59 Å². The lowest BCUT2D eigenvalue weighted by Crippen LogP contribution is -2.35. The van der Waals surface area contributed by atoms with E-state index in [4.69, 9.17) is 10.5 Å². The Labute approximate surface area is 142 Å². The summed E-state index contributed by atoms with van der Waals surface area (Å²) in [6.45, 7) is 5.15. The van der Waals surface area contributed by atoms with Crippen LogP contribution in [0.1, 0.15) is 25.0 Å². The van der Waals surface area contributed by atoms with E-state index >= 15 is 0 Å². The summed E-state index contributed by atoms with van der Waals surface area (Å²) < 4.78 is 4.70. The van der Waals surface area contributed by atoms with Gasteiger partial charge < -0.3 is 10.5 Å². The number of benzene rings is 2. The Morgan fingerprint density at radius 1 is 1.04 bits per heavy atom. The number of hydrogen-bond acceptors (Lipinski definition) is 4. The van der Waals surface area contributed by atoms with E-state index in [-0.39, 0.29) is 12.2 Å². The van der Waals surface area contributed by atoms with Crippen molar-refractivity contribution in [3.8, 4) is 11.1 Å². The fourth-order valence-corrected chi connectivity index (χ4v) is 2.45. The Morgan fingerprint density at radius 3 is 2.17 bits per heavy atom. The van der Waals surface area contributed by atoms with Crippen LogP contribution in [-0.4, -0.2) is 18.9 Å². The number of anilines is 1. The highest BCUT2D eigenvalue weighted by atomic mass is 16.5. The number of ketones is 1. The van der Waals surface area contributed by atoms with Crippen LogP contribution in [0, 0.1) is 12.3 Å². The van der Waals surface area contributed by atoms with Gasteiger partial charge in [-0.1, -0.05) is 30.3 Å². The SMILES string of the molecule is COC(=O)C(C)(C)C(=O)Cc1ccc(-c2ccc(N)c(C)c2)cc1. The van der Waals surface area contributed by atoms with Crippen molar-refractivity contribution < 1.29 is 14.3 Å². The van der Waals surface area contributed by atoms with Gasteiger partial charge >= 0.3 is 5.97 Å². The largest absolute Gasteiger partial charge is 0.468 e. The van der Waals surface area contributed by atoms with E-state index in [0.29, 0.717) is 0 Å². The Balaban J connectivity index is 2.16. The molecule has 2 N–H and O–H groups in total. The maximum Gasteiger partial charge on any atom is 0.318 e. The van der Waals surface area contributed by atoms with Gasteiger partial charge in [-0.25, -0.2) is 0 Å². The fourth-order valence-electron chi connectivity index (χ4n) is 2.45. The lowest BCUT2D eigenvalue weighted by Gasteiger charge is -2.19. The second-order valence-corrected chi connectivity index (χ2v) is 6.48. The van der Waals surface area contributed by atoms with E-state index in [1.807, 2.05) is 49.4 Å². The van der Waals surface area contributed by atoms with E-state index < -0.39 is 11.4 Å². The highest BCUT2D eigenvalue weighted by Crippen LogP contribution is 2.25. The molecule has 126 valence electrons. The first-order valence-corrected chi connectivity index (χ1v) is 7.83. The van der Waals surface area contributed by atoms with Crippen LogP contribution in [-0.2, 0) is 20.7 Å². The quantitative estimate of drug-likeness (QED) is 0.518. The van der Waals surface area contributed by atoms with Crippen molar-refractivity contribution in [2.45, 2.75) is 27.2 Å². The van der Waals surface area contributed by atoms with Crippen molar-refractivity contribution >= 4 is 17.4 Å². The van der Waals surface area contributed by atoms with Crippen LogP contribution < -0.4 is 5.73 Å². The van der Waals surface area contributed by atoms with Crippen molar-refractivity contribution in [1.82, 2.24) is 0 Å². The topological polar surface area (TPSA) is 69.4 Å². The third-order valence-corrected chi connectivity index (χ3v) is 4.31. The first-order valence-electron chi connectivity index (χ1n) is 7.83. The Bertz CT molecular complexity index is 761. The number of carbonyl (C=O) groups is 2. The third-order valence-electron chi connectivity index (χ3n) is 4.31. The monoisotopic (exact) mass is 325 g/mol. The number of esters is 1. The predicted octanol–water partition coefficient (Wildman–Crippen LogP) is 3.56. The molecule has 24 heavy (non-hydrogen) atoms. The molecule has 0 aliphatic heterocycles.